The lowest BCUT2D eigenvalue weighted by Crippen LogP contribution is -1.97. The van der Waals surface area contributed by atoms with Gasteiger partial charge in [0.15, 0.2) is 5.78 Å². The maximum absolute atomic E-state index is 12.1. The summed E-state index contributed by atoms with van der Waals surface area (Å²) in [4.78, 5) is 22.3. The number of para-hydroxylation sites is 1. The minimum absolute atomic E-state index is 0.103. The summed E-state index contributed by atoms with van der Waals surface area (Å²) in [5.41, 5.74) is 0.955. The van der Waals surface area contributed by atoms with Gasteiger partial charge in [0.2, 0.25) is 0 Å². The Labute approximate surface area is 128 Å². The number of carbonyl (C=O) groups excluding carboxylic acids is 1. The van der Waals surface area contributed by atoms with Gasteiger partial charge in [0.25, 0.3) is 5.69 Å². The van der Waals surface area contributed by atoms with E-state index in [0.29, 0.717) is 12.4 Å². The van der Waals surface area contributed by atoms with Gasteiger partial charge in [0, 0.05) is 23.3 Å². The Bertz CT molecular complexity index is 722. The van der Waals surface area contributed by atoms with Crippen molar-refractivity contribution in [2.45, 2.75) is 6.92 Å². The van der Waals surface area contributed by atoms with Crippen LogP contribution >= 0.6 is 0 Å². The molecule has 0 bridgehead atoms. The molecule has 5 nitrogen and oxygen atoms in total. The summed E-state index contributed by atoms with van der Waals surface area (Å²) >= 11 is 0. The van der Waals surface area contributed by atoms with Crippen LogP contribution in [0, 0.1) is 10.1 Å². The highest BCUT2D eigenvalue weighted by molar-refractivity contribution is 6.07. The topological polar surface area (TPSA) is 69.4 Å². The third kappa shape index (κ3) is 3.79. The Kier molecular flexibility index (Phi) is 5.03. The van der Waals surface area contributed by atoms with Crippen LogP contribution in [0.4, 0.5) is 5.69 Å². The van der Waals surface area contributed by atoms with Crippen LogP contribution in [0.25, 0.3) is 6.08 Å². The number of allylic oxidation sites excluding steroid dienone is 1. The molecule has 0 aliphatic heterocycles. The molecule has 0 N–H and O–H groups in total. The van der Waals surface area contributed by atoms with Crippen LogP contribution in [0.5, 0.6) is 5.75 Å². The fourth-order valence-corrected chi connectivity index (χ4v) is 1.94. The second-order valence-electron chi connectivity index (χ2n) is 4.48. The molecule has 0 atom stereocenters. The van der Waals surface area contributed by atoms with Crippen molar-refractivity contribution in [2.75, 3.05) is 6.61 Å². The number of carbonyl (C=O) groups is 1. The van der Waals surface area contributed by atoms with Gasteiger partial charge in [0.05, 0.1) is 11.5 Å². The zero-order valence-corrected chi connectivity index (χ0v) is 12.1. The molecule has 0 aliphatic rings. The average molecular weight is 297 g/mol. The molecule has 0 saturated carbocycles. The molecule has 5 heteroatoms. The number of hydrogen-bond acceptors (Lipinski definition) is 4. The van der Waals surface area contributed by atoms with Gasteiger partial charge in [-0.15, -0.1) is 0 Å². The predicted molar refractivity (Wildman–Crippen MR) is 84.1 cm³/mol. The van der Waals surface area contributed by atoms with E-state index in [1.54, 1.807) is 12.1 Å². The maximum atomic E-state index is 12.1. The first-order valence-corrected chi connectivity index (χ1v) is 6.80. The number of benzene rings is 2. The quantitative estimate of drug-likeness (QED) is 0.351. The summed E-state index contributed by atoms with van der Waals surface area (Å²) in [5, 5.41) is 10.7. The van der Waals surface area contributed by atoms with Crippen molar-refractivity contribution in [1.82, 2.24) is 0 Å². The van der Waals surface area contributed by atoms with Crippen LogP contribution in [-0.2, 0) is 0 Å². The normalized spacial score (nSPS) is 10.6. The Balaban J connectivity index is 2.21. The smallest absolute Gasteiger partial charge is 0.270 e. The van der Waals surface area contributed by atoms with Crippen molar-refractivity contribution in [1.29, 1.82) is 0 Å². The summed E-state index contributed by atoms with van der Waals surface area (Å²) in [6.07, 6.45) is 3.03. The zero-order valence-electron chi connectivity index (χ0n) is 12.1. The zero-order chi connectivity index (χ0) is 15.9. The van der Waals surface area contributed by atoms with Gasteiger partial charge in [-0.05, 0) is 25.1 Å². The van der Waals surface area contributed by atoms with Gasteiger partial charge in [-0.1, -0.05) is 30.3 Å². The molecule has 0 amide bonds. The molecule has 0 heterocycles. The number of nitro groups is 1. The minimum atomic E-state index is -0.523. The molecule has 0 spiro atoms. The van der Waals surface area contributed by atoms with E-state index in [0.717, 1.165) is 5.56 Å². The number of hydrogen-bond donors (Lipinski definition) is 0. The van der Waals surface area contributed by atoms with Crippen molar-refractivity contribution in [2.24, 2.45) is 0 Å². The molecule has 0 aromatic heterocycles. The summed E-state index contributed by atoms with van der Waals surface area (Å²) in [5.74, 6) is 0.392. The highest BCUT2D eigenvalue weighted by Crippen LogP contribution is 2.20. The molecule has 2 aromatic rings. The summed E-state index contributed by atoms with van der Waals surface area (Å²) in [6.45, 7) is 2.42. The van der Waals surface area contributed by atoms with Gasteiger partial charge >= 0.3 is 0 Å². The standard InChI is InChI=1S/C17H15NO4/c1-2-22-17-9-4-3-6-13(17)10-11-16(19)14-7-5-8-15(12-14)18(20)21/h3-12H,2H2,1H3. The lowest BCUT2D eigenvalue weighted by atomic mass is 10.1. The number of ether oxygens (including phenoxy) is 1. The number of ketones is 1. The number of non-ortho nitro benzene ring substituents is 1. The third-order valence-electron chi connectivity index (χ3n) is 2.97. The Morgan fingerprint density at radius 2 is 2.00 bits per heavy atom. The first kappa shape index (κ1) is 15.4. The first-order valence-electron chi connectivity index (χ1n) is 6.80. The van der Waals surface area contributed by atoms with Crippen LogP contribution in [0.15, 0.2) is 54.6 Å². The van der Waals surface area contributed by atoms with E-state index in [4.69, 9.17) is 4.74 Å². The van der Waals surface area contributed by atoms with E-state index >= 15 is 0 Å². The summed E-state index contributed by atoms with van der Waals surface area (Å²) in [6, 6.07) is 13.0. The fraction of sp³-hybridized carbons (Fsp3) is 0.118. The summed E-state index contributed by atoms with van der Waals surface area (Å²) in [7, 11) is 0. The number of nitro benzene ring substituents is 1. The van der Waals surface area contributed by atoms with Crippen LogP contribution in [-0.4, -0.2) is 17.3 Å². The van der Waals surface area contributed by atoms with Gasteiger partial charge < -0.3 is 4.74 Å². The predicted octanol–water partition coefficient (Wildman–Crippen LogP) is 3.89. The fourth-order valence-electron chi connectivity index (χ4n) is 1.94. The van der Waals surface area contributed by atoms with Crippen LogP contribution < -0.4 is 4.74 Å². The molecular formula is C17H15NO4. The molecule has 0 saturated heterocycles. The molecule has 0 radical (unpaired) electrons. The largest absolute Gasteiger partial charge is 0.493 e. The Morgan fingerprint density at radius 3 is 2.73 bits per heavy atom. The molecule has 22 heavy (non-hydrogen) atoms. The van der Waals surface area contributed by atoms with Crippen LogP contribution in [0.2, 0.25) is 0 Å². The van der Waals surface area contributed by atoms with E-state index in [-0.39, 0.29) is 17.0 Å². The number of nitrogens with zero attached hydrogens (tertiary/aromatic N) is 1. The molecule has 2 rings (SSSR count). The van der Waals surface area contributed by atoms with Crippen molar-refractivity contribution >= 4 is 17.5 Å². The maximum Gasteiger partial charge on any atom is 0.270 e. The molecule has 0 unspecified atom stereocenters. The van der Waals surface area contributed by atoms with Gasteiger partial charge in [0.1, 0.15) is 5.75 Å². The highest BCUT2D eigenvalue weighted by atomic mass is 16.6. The van der Waals surface area contributed by atoms with Crippen molar-refractivity contribution in [3.05, 3.63) is 75.8 Å². The Hall–Kier alpha value is -2.95. The molecule has 2 aromatic carbocycles. The second kappa shape index (κ2) is 7.17. The van der Waals surface area contributed by atoms with Crippen molar-refractivity contribution < 1.29 is 14.5 Å². The SMILES string of the molecule is CCOc1ccccc1C=CC(=O)c1cccc([N+](=O)[O-])c1. The lowest BCUT2D eigenvalue weighted by molar-refractivity contribution is -0.384. The van der Waals surface area contributed by atoms with E-state index in [9.17, 15) is 14.9 Å². The minimum Gasteiger partial charge on any atom is -0.493 e. The van der Waals surface area contributed by atoms with Crippen molar-refractivity contribution in [3.8, 4) is 5.75 Å². The van der Waals surface area contributed by atoms with Crippen LogP contribution in [0.3, 0.4) is 0 Å². The lowest BCUT2D eigenvalue weighted by Gasteiger charge is -2.06. The average Bonchev–Trinajstić information content (AvgIpc) is 2.54. The van der Waals surface area contributed by atoms with Gasteiger partial charge in [-0.2, -0.15) is 0 Å². The Morgan fingerprint density at radius 1 is 1.23 bits per heavy atom. The van der Waals surface area contributed by atoms with E-state index in [2.05, 4.69) is 0 Å². The third-order valence-corrected chi connectivity index (χ3v) is 2.97. The van der Waals surface area contributed by atoms with Crippen molar-refractivity contribution in [3.63, 3.8) is 0 Å². The van der Waals surface area contributed by atoms with E-state index in [1.807, 2.05) is 31.2 Å². The summed E-state index contributed by atoms with van der Waals surface area (Å²) < 4.78 is 5.47. The highest BCUT2D eigenvalue weighted by Gasteiger charge is 2.09. The van der Waals surface area contributed by atoms with Gasteiger partial charge in [-0.25, -0.2) is 0 Å². The van der Waals surface area contributed by atoms with Crippen LogP contribution in [0.1, 0.15) is 22.8 Å². The molecular weight excluding hydrogens is 282 g/mol. The first-order chi connectivity index (χ1) is 10.6. The second-order valence-corrected chi connectivity index (χ2v) is 4.48. The van der Waals surface area contributed by atoms with E-state index < -0.39 is 4.92 Å². The monoisotopic (exact) mass is 297 g/mol. The molecule has 112 valence electrons. The van der Waals surface area contributed by atoms with Gasteiger partial charge in [-0.3, -0.25) is 14.9 Å². The number of rotatable bonds is 6. The molecule has 0 fully saturated rings. The van der Waals surface area contributed by atoms with E-state index in [1.165, 1.54) is 24.3 Å². The molecule has 0 aliphatic carbocycles.